The Kier molecular flexibility index (Phi) is 2.96. The number of aryl methyl sites for hydroxylation is 2. The molecule has 0 radical (unpaired) electrons. The maximum Gasteiger partial charge on any atom is 0.124 e. The molecule has 0 aliphatic carbocycles. The van der Waals surface area contributed by atoms with Crippen molar-refractivity contribution in [2.24, 2.45) is 5.92 Å². The smallest absolute Gasteiger partial charge is 0.124 e. The molecule has 2 rings (SSSR count). The number of benzene rings is 1. The molecule has 0 spiro atoms. The van der Waals surface area contributed by atoms with Gasteiger partial charge in [0.25, 0.3) is 0 Å². The topological polar surface area (TPSA) is 21.3 Å². The molecule has 0 atom stereocenters. The molecule has 2 heteroatoms. The van der Waals surface area contributed by atoms with Gasteiger partial charge in [-0.05, 0) is 56.0 Å². The summed E-state index contributed by atoms with van der Waals surface area (Å²) in [5.41, 5.74) is 3.94. The number of hydrogen-bond acceptors (Lipinski definition) is 2. The molecule has 82 valence electrons. The van der Waals surface area contributed by atoms with E-state index in [0.717, 1.165) is 11.7 Å². The van der Waals surface area contributed by atoms with Crippen LogP contribution in [-0.4, -0.2) is 20.2 Å². The van der Waals surface area contributed by atoms with Crippen LogP contribution in [0.1, 0.15) is 16.7 Å². The van der Waals surface area contributed by atoms with Gasteiger partial charge < -0.3 is 10.1 Å². The van der Waals surface area contributed by atoms with Gasteiger partial charge in [-0.2, -0.15) is 0 Å². The minimum Gasteiger partial charge on any atom is -0.496 e. The standard InChI is InChI=1S/C13H19NO/c1-9-4-11(6-12-7-14-8-12)5-10(2)13(9)15-3/h4-5,12,14H,6-8H2,1-3H3. The number of rotatable bonds is 3. The summed E-state index contributed by atoms with van der Waals surface area (Å²) < 4.78 is 5.36. The minimum absolute atomic E-state index is 0.831. The first-order chi connectivity index (χ1) is 7.20. The fraction of sp³-hybridized carbons (Fsp3) is 0.538. The molecular weight excluding hydrogens is 186 g/mol. The second-order valence-electron chi connectivity index (χ2n) is 4.49. The van der Waals surface area contributed by atoms with Crippen LogP contribution in [0, 0.1) is 19.8 Å². The monoisotopic (exact) mass is 205 g/mol. The molecule has 1 heterocycles. The Morgan fingerprint density at radius 1 is 1.27 bits per heavy atom. The zero-order valence-corrected chi connectivity index (χ0v) is 9.76. The first-order valence-electron chi connectivity index (χ1n) is 5.55. The van der Waals surface area contributed by atoms with Crippen LogP contribution in [0.2, 0.25) is 0 Å². The van der Waals surface area contributed by atoms with Crippen LogP contribution in [0.5, 0.6) is 5.75 Å². The second kappa shape index (κ2) is 4.23. The van der Waals surface area contributed by atoms with Crippen molar-refractivity contribution in [1.29, 1.82) is 0 Å². The van der Waals surface area contributed by atoms with Crippen molar-refractivity contribution in [3.63, 3.8) is 0 Å². The molecule has 0 bridgehead atoms. The van der Waals surface area contributed by atoms with Gasteiger partial charge in [0.2, 0.25) is 0 Å². The van der Waals surface area contributed by atoms with Crippen molar-refractivity contribution in [3.8, 4) is 5.75 Å². The van der Waals surface area contributed by atoms with Gasteiger partial charge in [0.1, 0.15) is 5.75 Å². The van der Waals surface area contributed by atoms with Gasteiger partial charge in [0.05, 0.1) is 7.11 Å². The summed E-state index contributed by atoms with van der Waals surface area (Å²) in [5.74, 6) is 1.86. The number of ether oxygens (including phenoxy) is 1. The molecule has 0 aromatic heterocycles. The maximum atomic E-state index is 5.36. The molecule has 1 aliphatic rings. The lowest BCUT2D eigenvalue weighted by Crippen LogP contribution is -2.43. The lowest BCUT2D eigenvalue weighted by molar-refractivity contribution is 0.346. The van der Waals surface area contributed by atoms with Gasteiger partial charge in [-0.25, -0.2) is 0 Å². The molecular formula is C13H19NO. The van der Waals surface area contributed by atoms with E-state index >= 15 is 0 Å². The Balaban J connectivity index is 2.18. The first kappa shape index (κ1) is 10.5. The molecule has 15 heavy (non-hydrogen) atoms. The molecule has 1 aliphatic heterocycles. The third-order valence-electron chi connectivity index (χ3n) is 3.11. The quantitative estimate of drug-likeness (QED) is 0.815. The molecule has 1 N–H and O–H groups in total. The Labute approximate surface area is 91.6 Å². The van der Waals surface area contributed by atoms with Gasteiger partial charge in [0.15, 0.2) is 0 Å². The molecule has 1 saturated heterocycles. The Bertz CT molecular complexity index is 333. The van der Waals surface area contributed by atoms with E-state index in [-0.39, 0.29) is 0 Å². The zero-order valence-electron chi connectivity index (χ0n) is 9.76. The summed E-state index contributed by atoms with van der Waals surface area (Å²) >= 11 is 0. The highest BCUT2D eigenvalue weighted by atomic mass is 16.5. The van der Waals surface area contributed by atoms with Crippen molar-refractivity contribution in [1.82, 2.24) is 5.32 Å². The first-order valence-corrected chi connectivity index (χ1v) is 5.55. The molecule has 2 nitrogen and oxygen atoms in total. The van der Waals surface area contributed by atoms with E-state index in [9.17, 15) is 0 Å². The number of hydrogen-bond donors (Lipinski definition) is 1. The highest BCUT2D eigenvalue weighted by molar-refractivity contribution is 5.43. The van der Waals surface area contributed by atoms with Gasteiger partial charge in [-0.1, -0.05) is 12.1 Å². The largest absolute Gasteiger partial charge is 0.496 e. The average Bonchev–Trinajstić information content (AvgIpc) is 2.11. The predicted octanol–water partition coefficient (Wildman–Crippen LogP) is 2.07. The van der Waals surface area contributed by atoms with Crippen LogP contribution in [-0.2, 0) is 6.42 Å². The third-order valence-corrected chi connectivity index (χ3v) is 3.11. The summed E-state index contributed by atoms with van der Waals surface area (Å²) in [4.78, 5) is 0. The molecule has 1 fully saturated rings. The highest BCUT2D eigenvalue weighted by Gasteiger charge is 2.17. The second-order valence-corrected chi connectivity index (χ2v) is 4.49. The van der Waals surface area contributed by atoms with Gasteiger partial charge >= 0.3 is 0 Å². The van der Waals surface area contributed by atoms with Crippen molar-refractivity contribution in [3.05, 3.63) is 28.8 Å². The molecule has 0 saturated carbocycles. The van der Waals surface area contributed by atoms with E-state index in [1.807, 2.05) is 0 Å². The van der Waals surface area contributed by atoms with E-state index in [2.05, 4.69) is 31.3 Å². The van der Waals surface area contributed by atoms with E-state index in [0.29, 0.717) is 0 Å². The lowest BCUT2D eigenvalue weighted by atomic mass is 9.92. The predicted molar refractivity (Wildman–Crippen MR) is 62.5 cm³/mol. The molecule has 1 aromatic carbocycles. The summed E-state index contributed by atoms with van der Waals surface area (Å²) in [5, 5.41) is 3.31. The third kappa shape index (κ3) is 2.15. The van der Waals surface area contributed by atoms with Crippen molar-refractivity contribution >= 4 is 0 Å². The average molecular weight is 205 g/mol. The van der Waals surface area contributed by atoms with Crippen molar-refractivity contribution < 1.29 is 4.74 Å². The SMILES string of the molecule is COc1c(C)cc(CC2CNC2)cc1C. The van der Waals surface area contributed by atoms with Crippen molar-refractivity contribution in [2.45, 2.75) is 20.3 Å². The summed E-state index contributed by atoms with van der Waals surface area (Å²) in [6.07, 6.45) is 1.19. The Morgan fingerprint density at radius 3 is 2.27 bits per heavy atom. The fourth-order valence-electron chi connectivity index (χ4n) is 2.31. The van der Waals surface area contributed by atoms with E-state index in [1.165, 1.54) is 36.2 Å². The summed E-state index contributed by atoms with van der Waals surface area (Å²) in [6.45, 7) is 6.58. The minimum atomic E-state index is 0.831. The van der Waals surface area contributed by atoms with Crippen LogP contribution >= 0.6 is 0 Å². The normalized spacial score (nSPS) is 16.2. The highest BCUT2D eigenvalue weighted by Crippen LogP contribution is 2.25. The maximum absolute atomic E-state index is 5.36. The van der Waals surface area contributed by atoms with Gasteiger partial charge in [-0.15, -0.1) is 0 Å². The van der Waals surface area contributed by atoms with Crippen LogP contribution in [0.4, 0.5) is 0 Å². The number of nitrogens with one attached hydrogen (secondary N) is 1. The summed E-state index contributed by atoms with van der Waals surface area (Å²) in [7, 11) is 1.74. The van der Waals surface area contributed by atoms with Crippen LogP contribution in [0.25, 0.3) is 0 Å². The molecule has 0 unspecified atom stereocenters. The lowest BCUT2D eigenvalue weighted by Gasteiger charge is -2.27. The van der Waals surface area contributed by atoms with Crippen LogP contribution in [0.15, 0.2) is 12.1 Å². The van der Waals surface area contributed by atoms with Gasteiger partial charge in [-0.3, -0.25) is 0 Å². The van der Waals surface area contributed by atoms with E-state index < -0.39 is 0 Å². The van der Waals surface area contributed by atoms with E-state index in [4.69, 9.17) is 4.74 Å². The van der Waals surface area contributed by atoms with E-state index in [1.54, 1.807) is 7.11 Å². The van der Waals surface area contributed by atoms with Gasteiger partial charge in [0, 0.05) is 0 Å². The fourth-order valence-corrected chi connectivity index (χ4v) is 2.31. The summed E-state index contributed by atoms with van der Waals surface area (Å²) in [6, 6.07) is 4.51. The van der Waals surface area contributed by atoms with Crippen molar-refractivity contribution in [2.75, 3.05) is 20.2 Å². The Morgan fingerprint density at radius 2 is 1.87 bits per heavy atom. The molecule has 0 amide bonds. The molecule has 1 aromatic rings. The van der Waals surface area contributed by atoms with Crippen LogP contribution < -0.4 is 10.1 Å². The Hall–Kier alpha value is -1.02. The zero-order chi connectivity index (χ0) is 10.8. The van der Waals surface area contributed by atoms with Crippen LogP contribution in [0.3, 0.4) is 0 Å². The number of methoxy groups -OCH3 is 1.